The summed E-state index contributed by atoms with van der Waals surface area (Å²) in [5.41, 5.74) is 0.597. The van der Waals surface area contributed by atoms with Crippen LogP contribution in [0, 0.1) is 0 Å². The van der Waals surface area contributed by atoms with Crippen molar-refractivity contribution in [2.45, 2.75) is 6.54 Å². The molecule has 0 aromatic carbocycles. The summed E-state index contributed by atoms with van der Waals surface area (Å²) >= 11 is 11.2. The lowest BCUT2D eigenvalue weighted by atomic mass is 10.3. The minimum atomic E-state index is -0.581. The van der Waals surface area contributed by atoms with Gasteiger partial charge in [-0.05, 0) is 12.1 Å². The Bertz CT molecular complexity index is 461. The Morgan fingerprint density at radius 2 is 1.75 bits per heavy atom. The van der Waals surface area contributed by atoms with Gasteiger partial charge in [0.2, 0.25) is 0 Å². The molecule has 0 saturated heterocycles. The molecule has 1 aromatic heterocycles. The number of imide groups is 1. The number of rotatable bonds is 2. The zero-order valence-corrected chi connectivity index (χ0v) is 9.50. The minimum Gasteiger partial charge on any atom is -0.267 e. The van der Waals surface area contributed by atoms with Crippen LogP contribution < -0.4 is 0 Å². The fourth-order valence-electron chi connectivity index (χ4n) is 1.31. The molecule has 1 aliphatic rings. The molecule has 0 aliphatic carbocycles. The van der Waals surface area contributed by atoms with E-state index in [9.17, 15) is 9.59 Å². The third-order valence-corrected chi connectivity index (χ3v) is 2.90. The van der Waals surface area contributed by atoms with Crippen molar-refractivity contribution in [3.8, 4) is 0 Å². The molecule has 2 heterocycles. The Hall–Kier alpha value is -1.39. The van der Waals surface area contributed by atoms with E-state index in [0.717, 1.165) is 4.90 Å². The van der Waals surface area contributed by atoms with Gasteiger partial charge in [-0.2, -0.15) is 0 Å². The van der Waals surface area contributed by atoms with Gasteiger partial charge in [-0.1, -0.05) is 29.3 Å². The van der Waals surface area contributed by atoms with Crippen LogP contribution in [0.4, 0.5) is 0 Å². The van der Waals surface area contributed by atoms with Gasteiger partial charge in [0.1, 0.15) is 10.1 Å². The van der Waals surface area contributed by atoms with Crippen molar-refractivity contribution in [3.05, 3.63) is 40.2 Å². The SMILES string of the molecule is O=C1C(Cl)=C(Cl)C(=O)N1Cc1ccccn1. The molecule has 0 N–H and O–H groups in total. The maximum absolute atomic E-state index is 11.5. The molecule has 82 valence electrons. The van der Waals surface area contributed by atoms with Gasteiger partial charge in [-0.3, -0.25) is 19.5 Å². The second-order valence-corrected chi connectivity index (χ2v) is 3.90. The number of aromatic nitrogens is 1. The summed E-state index contributed by atoms with van der Waals surface area (Å²) in [5, 5.41) is -0.467. The van der Waals surface area contributed by atoms with E-state index in [1.54, 1.807) is 24.4 Å². The highest BCUT2D eigenvalue weighted by atomic mass is 35.5. The lowest BCUT2D eigenvalue weighted by molar-refractivity contribution is -0.137. The largest absolute Gasteiger partial charge is 0.274 e. The zero-order chi connectivity index (χ0) is 11.7. The number of halogens is 2. The molecule has 1 aliphatic heterocycles. The molecule has 16 heavy (non-hydrogen) atoms. The molecule has 2 amide bonds. The van der Waals surface area contributed by atoms with Crippen molar-refractivity contribution in [2.75, 3.05) is 0 Å². The van der Waals surface area contributed by atoms with Crippen molar-refractivity contribution in [2.24, 2.45) is 0 Å². The Morgan fingerprint density at radius 3 is 2.25 bits per heavy atom. The summed E-state index contributed by atoms with van der Waals surface area (Å²) in [6.07, 6.45) is 1.58. The standard InChI is InChI=1S/C10H6Cl2N2O2/c11-7-8(12)10(16)14(9(7)15)5-6-3-1-2-4-13-6/h1-4H,5H2. The lowest BCUT2D eigenvalue weighted by Crippen LogP contribution is -2.30. The van der Waals surface area contributed by atoms with E-state index in [2.05, 4.69) is 4.98 Å². The van der Waals surface area contributed by atoms with E-state index in [0.29, 0.717) is 5.69 Å². The predicted molar refractivity (Wildman–Crippen MR) is 58.5 cm³/mol. The van der Waals surface area contributed by atoms with Crippen LogP contribution in [0.2, 0.25) is 0 Å². The third-order valence-electron chi connectivity index (χ3n) is 2.10. The second-order valence-electron chi connectivity index (χ2n) is 3.15. The van der Waals surface area contributed by atoms with Crippen LogP contribution >= 0.6 is 23.2 Å². The molecule has 4 nitrogen and oxygen atoms in total. The van der Waals surface area contributed by atoms with E-state index in [1.165, 1.54) is 0 Å². The number of amides is 2. The smallest absolute Gasteiger partial charge is 0.267 e. The van der Waals surface area contributed by atoms with Gasteiger partial charge in [0.15, 0.2) is 0 Å². The number of nitrogens with zero attached hydrogens (tertiary/aromatic N) is 2. The molecule has 0 unspecified atom stereocenters. The van der Waals surface area contributed by atoms with Crippen LogP contribution in [-0.2, 0) is 16.1 Å². The average Bonchev–Trinajstić information content (AvgIpc) is 2.48. The summed E-state index contributed by atoms with van der Waals surface area (Å²) in [6, 6.07) is 5.22. The molecule has 0 saturated carbocycles. The highest BCUT2D eigenvalue weighted by Crippen LogP contribution is 2.27. The lowest BCUT2D eigenvalue weighted by Gasteiger charge is -2.12. The summed E-state index contributed by atoms with van der Waals surface area (Å²) in [5.74, 6) is -1.16. The fourth-order valence-corrected chi connectivity index (χ4v) is 1.68. The van der Waals surface area contributed by atoms with E-state index in [4.69, 9.17) is 23.2 Å². The van der Waals surface area contributed by atoms with Crippen LogP contribution in [0.25, 0.3) is 0 Å². The summed E-state index contributed by atoms with van der Waals surface area (Å²) < 4.78 is 0. The number of carbonyl (C=O) groups is 2. The van der Waals surface area contributed by atoms with E-state index >= 15 is 0 Å². The number of hydrogen-bond acceptors (Lipinski definition) is 3. The maximum atomic E-state index is 11.5. The van der Waals surface area contributed by atoms with Crippen molar-refractivity contribution >= 4 is 35.0 Å². The highest BCUT2D eigenvalue weighted by molar-refractivity contribution is 6.58. The fraction of sp³-hybridized carbons (Fsp3) is 0.100. The maximum Gasteiger partial charge on any atom is 0.274 e. The first-order valence-corrected chi connectivity index (χ1v) is 5.18. The predicted octanol–water partition coefficient (Wildman–Crippen LogP) is 1.64. The van der Waals surface area contributed by atoms with Gasteiger partial charge >= 0.3 is 0 Å². The van der Waals surface area contributed by atoms with Gasteiger partial charge in [-0.25, -0.2) is 0 Å². The van der Waals surface area contributed by atoms with E-state index < -0.39 is 11.8 Å². The van der Waals surface area contributed by atoms with Crippen molar-refractivity contribution in [3.63, 3.8) is 0 Å². The number of pyridine rings is 1. The van der Waals surface area contributed by atoms with Crippen LogP contribution in [0.5, 0.6) is 0 Å². The topological polar surface area (TPSA) is 50.3 Å². The van der Waals surface area contributed by atoms with Crippen LogP contribution in [0.3, 0.4) is 0 Å². The van der Waals surface area contributed by atoms with Crippen LogP contribution in [0.15, 0.2) is 34.5 Å². The first-order chi connectivity index (χ1) is 7.61. The molecule has 0 bridgehead atoms. The first kappa shape index (κ1) is 11.1. The van der Waals surface area contributed by atoms with Gasteiger partial charge in [0.25, 0.3) is 11.8 Å². The Labute approximate surface area is 101 Å². The molecular weight excluding hydrogens is 251 g/mol. The average molecular weight is 257 g/mol. The Kier molecular flexibility index (Phi) is 2.94. The monoisotopic (exact) mass is 256 g/mol. The Balaban J connectivity index is 2.21. The molecule has 0 fully saturated rings. The first-order valence-electron chi connectivity index (χ1n) is 4.42. The molecule has 2 rings (SSSR count). The zero-order valence-electron chi connectivity index (χ0n) is 7.98. The molecular formula is C10H6Cl2N2O2. The molecule has 6 heteroatoms. The van der Waals surface area contributed by atoms with Crippen molar-refractivity contribution < 1.29 is 9.59 Å². The Morgan fingerprint density at radius 1 is 1.12 bits per heavy atom. The number of hydrogen-bond donors (Lipinski definition) is 0. The van der Waals surface area contributed by atoms with E-state index in [1.807, 2.05) is 0 Å². The summed E-state index contributed by atoms with van der Waals surface area (Å²) in [4.78, 5) is 28.0. The normalized spacial score (nSPS) is 16.2. The molecule has 0 spiro atoms. The van der Waals surface area contributed by atoms with Crippen molar-refractivity contribution in [1.82, 2.24) is 9.88 Å². The van der Waals surface area contributed by atoms with E-state index in [-0.39, 0.29) is 16.6 Å². The van der Waals surface area contributed by atoms with Crippen molar-refractivity contribution in [1.29, 1.82) is 0 Å². The molecule has 0 radical (unpaired) electrons. The van der Waals surface area contributed by atoms with Crippen LogP contribution in [0.1, 0.15) is 5.69 Å². The van der Waals surface area contributed by atoms with Gasteiger partial charge in [0, 0.05) is 6.20 Å². The molecule has 0 atom stereocenters. The molecule has 1 aromatic rings. The number of carbonyl (C=O) groups excluding carboxylic acids is 2. The second kappa shape index (κ2) is 4.23. The van der Waals surface area contributed by atoms with Crippen LogP contribution in [-0.4, -0.2) is 21.7 Å². The highest BCUT2D eigenvalue weighted by Gasteiger charge is 2.36. The quantitative estimate of drug-likeness (QED) is 0.757. The van der Waals surface area contributed by atoms with Gasteiger partial charge < -0.3 is 0 Å². The minimum absolute atomic E-state index is 0.0744. The summed E-state index contributed by atoms with van der Waals surface area (Å²) in [6.45, 7) is 0.0744. The third kappa shape index (κ3) is 1.81. The summed E-state index contributed by atoms with van der Waals surface area (Å²) in [7, 11) is 0. The van der Waals surface area contributed by atoms with Gasteiger partial charge in [0.05, 0.1) is 12.2 Å². The van der Waals surface area contributed by atoms with Gasteiger partial charge in [-0.15, -0.1) is 0 Å².